The van der Waals surface area contributed by atoms with Gasteiger partial charge in [-0.3, -0.25) is 4.90 Å². The molecule has 1 aliphatic rings. The van der Waals surface area contributed by atoms with E-state index in [0.717, 1.165) is 17.9 Å². The van der Waals surface area contributed by atoms with Crippen LogP contribution in [-0.4, -0.2) is 34.1 Å². The smallest absolute Gasteiger partial charge is 0.133 e. The number of aromatic nitrogens is 2. The summed E-state index contributed by atoms with van der Waals surface area (Å²) in [7, 11) is 2.21. The van der Waals surface area contributed by atoms with Crippen molar-refractivity contribution in [2.75, 3.05) is 13.6 Å². The zero-order chi connectivity index (χ0) is 19.0. The fourth-order valence-electron chi connectivity index (χ4n) is 3.94. The van der Waals surface area contributed by atoms with Gasteiger partial charge in [-0.15, -0.1) is 0 Å². The number of benzene rings is 2. The first kappa shape index (κ1) is 18.0. The number of likely N-dealkylation sites (N-methyl/N-ethyl adjacent to an activating group) is 1. The van der Waals surface area contributed by atoms with Crippen molar-refractivity contribution in [3.8, 4) is 0 Å². The molecule has 0 bridgehead atoms. The molecule has 0 saturated carbocycles. The van der Waals surface area contributed by atoms with Crippen molar-refractivity contribution in [2.24, 2.45) is 0 Å². The molecule has 140 valence electrons. The lowest BCUT2D eigenvalue weighted by Gasteiger charge is -2.15. The second-order valence-electron chi connectivity index (χ2n) is 8.02. The number of nitrogens with zero attached hydrogens (tertiary/aromatic N) is 3. The summed E-state index contributed by atoms with van der Waals surface area (Å²) in [5.74, 6) is 1.05. The van der Waals surface area contributed by atoms with Crippen molar-refractivity contribution in [1.29, 1.82) is 0 Å². The van der Waals surface area contributed by atoms with Crippen molar-refractivity contribution in [3.63, 3.8) is 0 Å². The summed E-state index contributed by atoms with van der Waals surface area (Å²) in [6.45, 7) is 8.51. The summed E-state index contributed by atoms with van der Waals surface area (Å²) in [4.78, 5) is 7.40. The maximum atomic E-state index is 4.97. The van der Waals surface area contributed by atoms with Gasteiger partial charge in [-0.25, -0.2) is 4.98 Å². The normalized spacial score (nSPS) is 18.1. The van der Waals surface area contributed by atoms with E-state index >= 15 is 0 Å². The summed E-state index contributed by atoms with van der Waals surface area (Å²) >= 11 is 0. The van der Waals surface area contributed by atoms with Crippen LogP contribution in [0, 0.1) is 20.8 Å². The summed E-state index contributed by atoms with van der Waals surface area (Å²) in [5, 5.41) is 0. The molecule has 1 unspecified atom stereocenters. The molecule has 1 saturated heterocycles. The maximum Gasteiger partial charge on any atom is 0.133 e. The van der Waals surface area contributed by atoms with Gasteiger partial charge in [0, 0.05) is 12.6 Å². The first-order valence-corrected chi connectivity index (χ1v) is 9.93. The van der Waals surface area contributed by atoms with E-state index in [9.17, 15) is 0 Å². The number of rotatable bonds is 4. The average molecular weight is 360 g/mol. The fraction of sp³-hybridized carbons (Fsp3) is 0.375. The van der Waals surface area contributed by atoms with Gasteiger partial charge in [0.15, 0.2) is 0 Å². The van der Waals surface area contributed by atoms with Crippen molar-refractivity contribution in [2.45, 2.75) is 46.2 Å². The van der Waals surface area contributed by atoms with Gasteiger partial charge in [0.1, 0.15) is 5.82 Å². The second kappa shape index (κ2) is 7.32. The van der Waals surface area contributed by atoms with E-state index in [4.69, 9.17) is 4.98 Å². The molecule has 0 aliphatic carbocycles. The second-order valence-corrected chi connectivity index (χ2v) is 8.02. The largest absolute Gasteiger partial charge is 0.320 e. The Bertz CT molecular complexity index is 979. The molecule has 1 atom stereocenters. The number of imidazole rings is 1. The predicted molar refractivity (Wildman–Crippen MR) is 114 cm³/mol. The molecule has 1 aromatic heterocycles. The van der Waals surface area contributed by atoms with Crippen LogP contribution in [0.2, 0.25) is 0 Å². The Hall–Kier alpha value is -2.39. The van der Waals surface area contributed by atoms with Crippen LogP contribution < -0.4 is 0 Å². The predicted octanol–water partition coefficient (Wildman–Crippen LogP) is 5.12. The number of hydrogen-bond donors (Lipinski definition) is 0. The van der Waals surface area contributed by atoms with Crippen molar-refractivity contribution < 1.29 is 0 Å². The van der Waals surface area contributed by atoms with Crippen molar-refractivity contribution in [1.82, 2.24) is 14.5 Å². The minimum atomic E-state index is 0.529. The number of aryl methyl sites for hydroxylation is 3. The van der Waals surface area contributed by atoms with Gasteiger partial charge in [0.2, 0.25) is 0 Å². The standard InChI is InChI=1S/C24H29N3/c1-17-7-9-20(10-8-17)16-27-23-15-19(3)18(2)14-22(23)25-24(27)12-11-21-6-5-13-26(21)4/h7-12,14-15,21H,5-6,13,16H2,1-4H3/b12-11+. The Kier molecular flexibility index (Phi) is 4.88. The highest BCUT2D eigenvalue weighted by molar-refractivity contribution is 5.80. The zero-order valence-corrected chi connectivity index (χ0v) is 16.9. The monoisotopic (exact) mass is 359 g/mol. The Balaban J connectivity index is 1.76. The topological polar surface area (TPSA) is 21.1 Å². The number of fused-ring (bicyclic) bond motifs is 1. The molecule has 3 aromatic rings. The third-order valence-electron chi connectivity index (χ3n) is 5.90. The van der Waals surface area contributed by atoms with Crippen LogP contribution in [0.3, 0.4) is 0 Å². The molecule has 27 heavy (non-hydrogen) atoms. The van der Waals surface area contributed by atoms with Gasteiger partial charge in [0.05, 0.1) is 11.0 Å². The summed E-state index contributed by atoms with van der Waals surface area (Å²) < 4.78 is 2.36. The van der Waals surface area contributed by atoms with E-state index in [0.29, 0.717) is 6.04 Å². The number of likely N-dealkylation sites (tertiary alicyclic amines) is 1. The lowest BCUT2D eigenvalue weighted by atomic mass is 10.1. The van der Waals surface area contributed by atoms with E-state index in [1.807, 2.05) is 0 Å². The average Bonchev–Trinajstić information content (AvgIpc) is 3.19. The Morgan fingerprint density at radius 2 is 1.81 bits per heavy atom. The molecule has 0 amide bonds. The SMILES string of the molecule is Cc1ccc(Cn2c(/C=C/C3CCCN3C)nc3cc(C)c(C)cc32)cc1. The molecule has 2 aromatic carbocycles. The van der Waals surface area contributed by atoms with E-state index in [1.54, 1.807) is 0 Å². The van der Waals surface area contributed by atoms with Crippen LogP contribution in [-0.2, 0) is 6.54 Å². The molecule has 0 N–H and O–H groups in total. The van der Waals surface area contributed by atoms with Crippen molar-refractivity contribution >= 4 is 17.1 Å². The van der Waals surface area contributed by atoms with Gasteiger partial charge < -0.3 is 4.57 Å². The third-order valence-corrected chi connectivity index (χ3v) is 5.90. The van der Waals surface area contributed by atoms with E-state index in [-0.39, 0.29) is 0 Å². The van der Waals surface area contributed by atoms with Gasteiger partial charge >= 0.3 is 0 Å². The third kappa shape index (κ3) is 3.70. The lowest BCUT2D eigenvalue weighted by Crippen LogP contribution is -2.22. The van der Waals surface area contributed by atoms with E-state index in [1.165, 1.54) is 47.2 Å². The summed E-state index contributed by atoms with van der Waals surface area (Å²) in [6, 6.07) is 13.8. The summed E-state index contributed by atoms with van der Waals surface area (Å²) in [6.07, 6.45) is 7.08. The van der Waals surface area contributed by atoms with Gasteiger partial charge in [-0.1, -0.05) is 35.9 Å². The Morgan fingerprint density at radius 3 is 2.52 bits per heavy atom. The molecular weight excluding hydrogens is 330 g/mol. The molecule has 0 spiro atoms. The van der Waals surface area contributed by atoms with Gasteiger partial charge in [-0.2, -0.15) is 0 Å². The van der Waals surface area contributed by atoms with Crippen LogP contribution >= 0.6 is 0 Å². The highest BCUT2D eigenvalue weighted by atomic mass is 15.1. The molecule has 3 heteroatoms. The van der Waals surface area contributed by atoms with Crippen LogP contribution in [0.15, 0.2) is 42.5 Å². The quantitative estimate of drug-likeness (QED) is 0.645. The molecular formula is C24H29N3. The minimum Gasteiger partial charge on any atom is -0.320 e. The molecule has 3 nitrogen and oxygen atoms in total. The Morgan fingerprint density at radius 1 is 1.07 bits per heavy atom. The maximum absolute atomic E-state index is 4.97. The first-order chi connectivity index (χ1) is 13.0. The van der Waals surface area contributed by atoms with Crippen LogP contribution in [0.25, 0.3) is 17.1 Å². The fourth-order valence-corrected chi connectivity index (χ4v) is 3.94. The van der Waals surface area contributed by atoms with Gasteiger partial charge in [0.25, 0.3) is 0 Å². The minimum absolute atomic E-state index is 0.529. The molecule has 1 fully saturated rings. The molecule has 1 aliphatic heterocycles. The van der Waals surface area contributed by atoms with Gasteiger partial charge in [-0.05, 0) is 82.1 Å². The van der Waals surface area contributed by atoms with Crippen LogP contribution in [0.1, 0.15) is 40.9 Å². The Labute approximate surface area is 162 Å². The molecule has 4 rings (SSSR count). The van der Waals surface area contributed by atoms with E-state index in [2.05, 4.69) is 85.8 Å². The first-order valence-electron chi connectivity index (χ1n) is 9.93. The van der Waals surface area contributed by atoms with Crippen molar-refractivity contribution in [3.05, 3.63) is 70.6 Å². The van der Waals surface area contributed by atoms with E-state index < -0.39 is 0 Å². The molecule has 0 radical (unpaired) electrons. The molecule has 2 heterocycles. The zero-order valence-electron chi connectivity index (χ0n) is 16.9. The van der Waals surface area contributed by atoms with Crippen LogP contribution in [0.5, 0.6) is 0 Å². The highest BCUT2D eigenvalue weighted by Crippen LogP contribution is 2.24. The highest BCUT2D eigenvalue weighted by Gasteiger charge is 2.18. The lowest BCUT2D eigenvalue weighted by molar-refractivity contribution is 0.358. The summed E-state index contributed by atoms with van der Waals surface area (Å²) in [5.41, 5.74) is 7.53. The van der Waals surface area contributed by atoms with Crippen LogP contribution in [0.4, 0.5) is 0 Å². The number of hydrogen-bond acceptors (Lipinski definition) is 2.